The van der Waals surface area contributed by atoms with Gasteiger partial charge in [0.1, 0.15) is 0 Å². The highest BCUT2D eigenvalue weighted by molar-refractivity contribution is 5.57. The zero-order valence-corrected chi connectivity index (χ0v) is 11.8. The maximum atomic E-state index is 5.52. The highest BCUT2D eigenvalue weighted by Crippen LogP contribution is 3.07. The van der Waals surface area contributed by atoms with E-state index in [1.807, 2.05) is 0 Å². The molecule has 1 saturated heterocycles. The number of hydrogen-bond acceptors (Lipinski definition) is 2. The van der Waals surface area contributed by atoms with Crippen LogP contribution in [0.5, 0.6) is 0 Å². The van der Waals surface area contributed by atoms with E-state index in [0.717, 1.165) is 32.2 Å². The molecule has 5 atom stereocenters. The predicted octanol–water partition coefficient (Wildman–Crippen LogP) is 2.66. The number of fused-ring (bicyclic) bond motifs is 1. The van der Waals surface area contributed by atoms with E-state index in [4.69, 9.17) is 4.74 Å². The fourth-order valence-corrected chi connectivity index (χ4v) is 7.58. The maximum Gasteiger partial charge on any atom is 0.0642 e. The van der Waals surface area contributed by atoms with Crippen LogP contribution >= 0.6 is 0 Å². The maximum absolute atomic E-state index is 5.52. The summed E-state index contributed by atoms with van der Waals surface area (Å²) in [6, 6.07) is 0. The van der Waals surface area contributed by atoms with Gasteiger partial charge in [-0.2, -0.15) is 0 Å². The summed E-state index contributed by atoms with van der Waals surface area (Å²) in [4.78, 5) is 2.63. The standard InChI is InChI=1S/C16H23NO/c1-13-10-15(3)14(2)9-11(16(13,14)15)8-12(13)17-4-6-18-7-5-17/h8,11H,4-7,9-10H2,1-3H3. The van der Waals surface area contributed by atoms with Crippen molar-refractivity contribution < 1.29 is 4.74 Å². The van der Waals surface area contributed by atoms with Crippen LogP contribution in [0, 0.1) is 27.6 Å². The summed E-state index contributed by atoms with van der Waals surface area (Å²) in [5, 5.41) is 0. The SMILES string of the molecule is CC12CC3(C)C4(C)CC(C=C1N1CCOCC1)C243. The Morgan fingerprint density at radius 2 is 1.89 bits per heavy atom. The van der Waals surface area contributed by atoms with Gasteiger partial charge in [-0.1, -0.05) is 26.8 Å². The lowest BCUT2D eigenvalue weighted by molar-refractivity contribution is -0.0534. The highest BCUT2D eigenvalue weighted by atomic mass is 16.5. The Morgan fingerprint density at radius 1 is 1.17 bits per heavy atom. The lowest BCUT2D eigenvalue weighted by Crippen LogP contribution is -2.52. The van der Waals surface area contributed by atoms with E-state index in [1.54, 1.807) is 5.70 Å². The largest absolute Gasteiger partial charge is 0.378 e. The second kappa shape index (κ2) is 2.42. The third-order valence-corrected chi connectivity index (χ3v) is 7.93. The van der Waals surface area contributed by atoms with Crippen molar-refractivity contribution in [2.45, 2.75) is 33.6 Å². The molecule has 0 N–H and O–H groups in total. The second-order valence-electron chi connectivity index (χ2n) is 7.94. The van der Waals surface area contributed by atoms with E-state index in [2.05, 4.69) is 31.7 Å². The second-order valence-corrected chi connectivity index (χ2v) is 7.94. The molecule has 0 radical (unpaired) electrons. The van der Waals surface area contributed by atoms with Crippen molar-refractivity contribution >= 4 is 0 Å². The Bertz CT molecular complexity index is 483. The number of rotatable bonds is 1. The van der Waals surface area contributed by atoms with Gasteiger partial charge in [0.25, 0.3) is 0 Å². The number of nitrogens with zero attached hydrogens (tertiary/aromatic N) is 1. The Labute approximate surface area is 109 Å². The van der Waals surface area contributed by atoms with E-state index in [1.165, 1.54) is 12.8 Å². The summed E-state index contributed by atoms with van der Waals surface area (Å²) >= 11 is 0. The highest BCUT2D eigenvalue weighted by Gasteiger charge is 3.02. The van der Waals surface area contributed by atoms with E-state index >= 15 is 0 Å². The zero-order valence-electron chi connectivity index (χ0n) is 11.8. The van der Waals surface area contributed by atoms with Crippen LogP contribution in [-0.2, 0) is 4.74 Å². The van der Waals surface area contributed by atoms with E-state index in [9.17, 15) is 0 Å². The van der Waals surface area contributed by atoms with Crippen molar-refractivity contribution in [2.75, 3.05) is 26.3 Å². The van der Waals surface area contributed by atoms with Crippen molar-refractivity contribution in [3.05, 3.63) is 11.8 Å². The normalized spacial score (nSPS) is 63.4. The van der Waals surface area contributed by atoms with Gasteiger partial charge in [0.05, 0.1) is 13.2 Å². The molecule has 0 aromatic carbocycles. The van der Waals surface area contributed by atoms with Gasteiger partial charge in [0.2, 0.25) is 0 Å². The number of hydrogen-bond donors (Lipinski definition) is 0. The van der Waals surface area contributed by atoms with Gasteiger partial charge in [0, 0.05) is 24.2 Å². The van der Waals surface area contributed by atoms with Crippen molar-refractivity contribution in [1.82, 2.24) is 4.90 Å². The lowest BCUT2D eigenvalue weighted by Gasteiger charge is -2.55. The van der Waals surface area contributed by atoms with Gasteiger partial charge in [-0.05, 0) is 35.0 Å². The molecular weight excluding hydrogens is 222 g/mol. The molecule has 1 heterocycles. The molecule has 98 valence electrons. The van der Waals surface area contributed by atoms with Crippen molar-refractivity contribution in [1.29, 1.82) is 0 Å². The molecule has 1 spiro atoms. The minimum atomic E-state index is 0.497. The number of ether oxygens (including phenoxy) is 1. The monoisotopic (exact) mass is 245 g/mol. The van der Waals surface area contributed by atoms with Gasteiger partial charge >= 0.3 is 0 Å². The van der Waals surface area contributed by atoms with Gasteiger partial charge in [-0.15, -0.1) is 0 Å². The van der Waals surface area contributed by atoms with Crippen LogP contribution in [0.4, 0.5) is 0 Å². The Hall–Kier alpha value is -0.500. The first-order valence-electron chi connectivity index (χ1n) is 7.56. The topological polar surface area (TPSA) is 12.5 Å². The molecule has 0 amide bonds. The van der Waals surface area contributed by atoms with E-state index < -0.39 is 0 Å². The van der Waals surface area contributed by atoms with Crippen LogP contribution in [0.2, 0.25) is 0 Å². The lowest BCUT2D eigenvalue weighted by atomic mass is 9.50. The molecule has 4 fully saturated rings. The summed E-state index contributed by atoms with van der Waals surface area (Å²) in [6.07, 6.45) is 5.54. The quantitative estimate of drug-likeness (QED) is 0.704. The molecule has 2 nitrogen and oxygen atoms in total. The molecule has 0 aromatic rings. The molecule has 5 unspecified atom stereocenters. The van der Waals surface area contributed by atoms with Gasteiger partial charge in [-0.25, -0.2) is 0 Å². The Balaban J connectivity index is 1.56. The van der Waals surface area contributed by atoms with Crippen LogP contribution in [0.3, 0.4) is 0 Å². The fourth-order valence-electron chi connectivity index (χ4n) is 7.58. The first-order chi connectivity index (χ1) is 8.51. The average molecular weight is 245 g/mol. The van der Waals surface area contributed by atoms with Gasteiger partial charge < -0.3 is 9.64 Å². The van der Waals surface area contributed by atoms with Crippen LogP contribution < -0.4 is 0 Å². The summed E-state index contributed by atoms with van der Waals surface area (Å²) < 4.78 is 5.52. The average Bonchev–Trinajstić information content (AvgIpc) is 2.51. The number of allylic oxidation sites excluding steroid dienone is 2. The minimum absolute atomic E-state index is 0.497. The minimum Gasteiger partial charge on any atom is -0.378 e. The molecule has 18 heavy (non-hydrogen) atoms. The molecule has 3 saturated carbocycles. The molecule has 1 aliphatic heterocycles. The molecule has 0 aromatic heterocycles. The smallest absolute Gasteiger partial charge is 0.0642 e. The fraction of sp³-hybridized carbons (Fsp3) is 0.875. The van der Waals surface area contributed by atoms with Crippen molar-refractivity contribution in [2.24, 2.45) is 27.6 Å². The Kier molecular flexibility index (Phi) is 1.38. The zero-order chi connectivity index (χ0) is 12.4. The summed E-state index contributed by atoms with van der Waals surface area (Å²) in [6.45, 7) is 11.7. The van der Waals surface area contributed by atoms with Crippen molar-refractivity contribution in [3.8, 4) is 0 Å². The van der Waals surface area contributed by atoms with Gasteiger partial charge in [-0.3, -0.25) is 0 Å². The third-order valence-electron chi connectivity index (χ3n) is 7.93. The molecule has 0 bridgehead atoms. The van der Waals surface area contributed by atoms with Gasteiger partial charge in [0.15, 0.2) is 0 Å². The predicted molar refractivity (Wildman–Crippen MR) is 70.0 cm³/mol. The Morgan fingerprint density at radius 3 is 2.44 bits per heavy atom. The summed E-state index contributed by atoms with van der Waals surface area (Å²) in [5.41, 5.74) is 4.19. The number of morpholine rings is 1. The van der Waals surface area contributed by atoms with Crippen LogP contribution in [0.25, 0.3) is 0 Å². The third kappa shape index (κ3) is 0.620. The molecule has 5 aliphatic rings. The first kappa shape index (κ1) is 10.3. The first-order valence-corrected chi connectivity index (χ1v) is 7.56. The van der Waals surface area contributed by atoms with E-state index in [0.29, 0.717) is 21.7 Å². The van der Waals surface area contributed by atoms with Crippen molar-refractivity contribution in [3.63, 3.8) is 0 Å². The van der Waals surface area contributed by atoms with Crippen LogP contribution in [-0.4, -0.2) is 31.2 Å². The molecule has 4 aliphatic carbocycles. The van der Waals surface area contributed by atoms with Crippen LogP contribution in [0.15, 0.2) is 11.8 Å². The molecule has 2 heteroatoms. The molecular formula is C16H23NO. The van der Waals surface area contributed by atoms with E-state index in [-0.39, 0.29) is 0 Å². The van der Waals surface area contributed by atoms with Crippen LogP contribution in [0.1, 0.15) is 33.6 Å². The summed E-state index contributed by atoms with van der Waals surface area (Å²) in [7, 11) is 0. The summed E-state index contributed by atoms with van der Waals surface area (Å²) in [5.74, 6) is 0.893. The molecule has 5 rings (SSSR count).